The van der Waals surface area contributed by atoms with Crippen LogP contribution in [0.3, 0.4) is 0 Å². The van der Waals surface area contributed by atoms with Gasteiger partial charge in [0.1, 0.15) is 0 Å². The molecule has 0 aromatic rings. The van der Waals surface area contributed by atoms with Crippen LogP contribution in [-0.4, -0.2) is 53.8 Å². The molecule has 4 heteroatoms. The Morgan fingerprint density at radius 1 is 1.25 bits per heavy atom. The number of unbranched alkanes of at least 4 members (excludes halogenated alkanes) is 1. The molecule has 0 radical (unpaired) electrons. The largest absolute Gasteiger partial charge is 0.340 e. The number of nitrogens with zero attached hydrogens (tertiary/aromatic N) is 2. The summed E-state index contributed by atoms with van der Waals surface area (Å²) in [7, 11) is 0. The molecule has 16 heavy (non-hydrogen) atoms. The van der Waals surface area contributed by atoms with Crippen LogP contribution in [0.5, 0.6) is 0 Å². The highest BCUT2D eigenvalue weighted by Gasteiger charge is 2.19. The summed E-state index contributed by atoms with van der Waals surface area (Å²) >= 11 is 3.37. The maximum Gasteiger partial charge on any atom is 0.222 e. The first kappa shape index (κ1) is 13.5. The fourth-order valence-electron chi connectivity index (χ4n) is 1.81. The topological polar surface area (TPSA) is 23.6 Å². The molecule has 0 spiro atoms. The van der Waals surface area contributed by atoms with Gasteiger partial charge in [0.25, 0.3) is 0 Å². The highest BCUT2D eigenvalue weighted by atomic mass is 79.9. The number of halogens is 1. The van der Waals surface area contributed by atoms with E-state index in [1.165, 1.54) is 0 Å². The average Bonchev–Trinajstić information content (AvgIpc) is 2.30. The van der Waals surface area contributed by atoms with Crippen molar-refractivity contribution in [1.29, 1.82) is 0 Å². The summed E-state index contributed by atoms with van der Waals surface area (Å²) in [6, 6.07) is 0. The second-order valence-corrected chi connectivity index (χ2v) is 4.80. The Hall–Kier alpha value is -0.530. The number of hydrogen-bond donors (Lipinski definition) is 0. The lowest BCUT2D eigenvalue weighted by molar-refractivity contribution is -0.132. The third-order valence-corrected chi connectivity index (χ3v) is 3.37. The van der Waals surface area contributed by atoms with Gasteiger partial charge in [-0.1, -0.05) is 21.9 Å². The summed E-state index contributed by atoms with van der Waals surface area (Å²) in [6.07, 6.45) is 7.99. The minimum atomic E-state index is 0.293. The van der Waals surface area contributed by atoms with E-state index in [2.05, 4.69) is 26.8 Å². The standard InChI is InChI=1S/C12H19BrN2O/c1-2-7-14-8-10-15(11-9-14)12(16)5-3-4-6-13/h1H,3-11H2. The van der Waals surface area contributed by atoms with Crippen LogP contribution < -0.4 is 0 Å². The fraction of sp³-hybridized carbons (Fsp3) is 0.750. The minimum Gasteiger partial charge on any atom is -0.340 e. The van der Waals surface area contributed by atoms with Gasteiger partial charge < -0.3 is 4.90 Å². The molecule has 0 N–H and O–H groups in total. The number of hydrogen-bond acceptors (Lipinski definition) is 2. The van der Waals surface area contributed by atoms with Gasteiger partial charge in [0.05, 0.1) is 6.54 Å². The molecule has 0 aliphatic carbocycles. The maximum atomic E-state index is 11.8. The first-order chi connectivity index (χ1) is 7.77. The van der Waals surface area contributed by atoms with Gasteiger partial charge in [-0.25, -0.2) is 0 Å². The van der Waals surface area contributed by atoms with Crippen molar-refractivity contribution in [2.45, 2.75) is 19.3 Å². The van der Waals surface area contributed by atoms with Crippen molar-refractivity contribution in [3.05, 3.63) is 0 Å². The first-order valence-electron chi connectivity index (χ1n) is 5.77. The van der Waals surface area contributed by atoms with E-state index >= 15 is 0 Å². The van der Waals surface area contributed by atoms with Crippen molar-refractivity contribution in [3.63, 3.8) is 0 Å². The van der Waals surface area contributed by atoms with Gasteiger partial charge in [0.2, 0.25) is 5.91 Å². The van der Waals surface area contributed by atoms with E-state index in [1.54, 1.807) is 0 Å². The Morgan fingerprint density at radius 3 is 2.50 bits per heavy atom. The van der Waals surface area contributed by atoms with Crippen molar-refractivity contribution < 1.29 is 4.79 Å². The summed E-state index contributed by atoms with van der Waals surface area (Å²) in [5.74, 6) is 2.93. The quantitative estimate of drug-likeness (QED) is 0.433. The lowest BCUT2D eigenvalue weighted by Gasteiger charge is -2.33. The molecule has 1 heterocycles. The van der Waals surface area contributed by atoms with Crippen LogP contribution in [0, 0.1) is 12.3 Å². The molecular formula is C12H19BrN2O. The summed E-state index contributed by atoms with van der Waals surface area (Å²) in [5, 5.41) is 0.982. The van der Waals surface area contributed by atoms with Crippen LogP contribution >= 0.6 is 15.9 Å². The van der Waals surface area contributed by atoms with Gasteiger partial charge in [0.15, 0.2) is 0 Å². The van der Waals surface area contributed by atoms with E-state index in [9.17, 15) is 4.79 Å². The molecule has 1 amide bonds. The van der Waals surface area contributed by atoms with Gasteiger partial charge in [-0.05, 0) is 12.8 Å². The summed E-state index contributed by atoms with van der Waals surface area (Å²) in [6.45, 7) is 4.18. The molecule has 1 aliphatic heterocycles. The van der Waals surface area contributed by atoms with Gasteiger partial charge in [-0.3, -0.25) is 9.69 Å². The van der Waals surface area contributed by atoms with E-state index in [0.717, 1.165) is 44.4 Å². The van der Waals surface area contributed by atoms with E-state index < -0.39 is 0 Å². The Morgan fingerprint density at radius 2 is 1.94 bits per heavy atom. The number of carbonyl (C=O) groups excluding carboxylic acids is 1. The summed E-state index contributed by atoms with van der Waals surface area (Å²) in [5.41, 5.74) is 0. The molecule has 0 bridgehead atoms. The lowest BCUT2D eigenvalue weighted by Crippen LogP contribution is -2.48. The molecule has 0 unspecified atom stereocenters. The average molecular weight is 287 g/mol. The van der Waals surface area contributed by atoms with Crippen molar-refractivity contribution in [3.8, 4) is 12.3 Å². The third-order valence-electron chi connectivity index (χ3n) is 2.81. The molecule has 90 valence electrons. The molecule has 0 aromatic heterocycles. The van der Waals surface area contributed by atoms with Crippen LogP contribution in [0.2, 0.25) is 0 Å². The van der Waals surface area contributed by atoms with E-state index in [0.29, 0.717) is 18.9 Å². The molecule has 0 atom stereocenters. The van der Waals surface area contributed by atoms with Gasteiger partial charge >= 0.3 is 0 Å². The molecule has 1 rings (SSSR count). The van der Waals surface area contributed by atoms with Crippen molar-refractivity contribution in [1.82, 2.24) is 9.80 Å². The van der Waals surface area contributed by atoms with Crippen molar-refractivity contribution >= 4 is 21.8 Å². The first-order valence-corrected chi connectivity index (χ1v) is 6.89. The maximum absolute atomic E-state index is 11.8. The molecule has 0 aromatic carbocycles. The molecule has 0 saturated carbocycles. The van der Waals surface area contributed by atoms with Crippen molar-refractivity contribution in [2.75, 3.05) is 38.1 Å². The fourth-order valence-corrected chi connectivity index (χ4v) is 2.21. The molecule has 1 fully saturated rings. The second-order valence-electron chi connectivity index (χ2n) is 4.01. The smallest absolute Gasteiger partial charge is 0.222 e. The Balaban J connectivity index is 2.20. The Labute approximate surface area is 106 Å². The predicted molar refractivity (Wildman–Crippen MR) is 69.5 cm³/mol. The zero-order valence-electron chi connectivity index (χ0n) is 9.62. The normalized spacial score (nSPS) is 17.1. The molecule has 3 nitrogen and oxygen atoms in total. The predicted octanol–water partition coefficient (Wildman–Crippen LogP) is 1.33. The second kappa shape index (κ2) is 7.70. The number of terminal acetylenes is 1. The number of rotatable bonds is 5. The van der Waals surface area contributed by atoms with Crippen LogP contribution in [-0.2, 0) is 4.79 Å². The monoisotopic (exact) mass is 286 g/mol. The van der Waals surface area contributed by atoms with E-state index in [1.807, 2.05) is 4.90 Å². The van der Waals surface area contributed by atoms with Crippen LogP contribution in [0.1, 0.15) is 19.3 Å². The number of alkyl halides is 1. The zero-order chi connectivity index (χ0) is 11.8. The number of carbonyl (C=O) groups is 1. The van der Waals surface area contributed by atoms with Gasteiger partial charge in [0, 0.05) is 37.9 Å². The van der Waals surface area contributed by atoms with E-state index in [-0.39, 0.29) is 0 Å². The Bertz CT molecular complexity index is 254. The van der Waals surface area contributed by atoms with Crippen LogP contribution in [0.15, 0.2) is 0 Å². The van der Waals surface area contributed by atoms with E-state index in [4.69, 9.17) is 6.42 Å². The summed E-state index contributed by atoms with van der Waals surface area (Å²) in [4.78, 5) is 16.0. The van der Waals surface area contributed by atoms with Crippen LogP contribution in [0.25, 0.3) is 0 Å². The van der Waals surface area contributed by atoms with Gasteiger partial charge in [-0.15, -0.1) is 6.42 Å². The SMILES string of the molecule is C#CCN1CCN(C(=O)CCCCBr)CC1. The van der Waals surface area contributed by atoms with Crippen LogP contribution in [0.4, 0.5) is 0 Å². The zero-order valence-corrected chi connectivity index (χ0v) is 11.2. The number of amides is 1. The molecule has 1 aliphatic rings. The highest BCUT2D eigenvalue weighted by molar-refractivity contribution is 9.09. The lowest BCUT2D eigenvalue weighted by atomic mass is 10.2. The molecule has 1 saturated heterocycles. The van der Waals surface area contributed by atoms with Gasteiger partial charge in [-0.2, -0.15) is 0 Å². The molecular weight excluding hydrogens is 268 g/mol. The minimum absolute atomic E-state index is 0.293. The number of piperazine rings is 1. The summed E-state index contributed by atoms with van der Waals surface area (Å²) < 4.78 is 0. The Kier molecular flexibility index (Phi) is 6.51. The third kappa shape index (κ3) is 4.54. The van der Waals surface area contributed by atoms with Crippen molar-refractivity contribution in [2.24, 2.45) is 0 Å². The highest BCUT2D eigenvalue weighted by Crippen LogP contribution is 2.06.